The van der Waals surface area contributed by atoms with E-state index in [-0.39, 0.29) is 0 Å². The molecule has 0 spiro atoms. The van der Waals surface area contributed by atoms with E-state index in [0.717, 1.165) is 29.4 Å². The van der Waals surface area contributed by atoms with Gasteiger partial charge in [0.15, 0.2) is 11.5 Å². The molecule has 0 saturated heterocycles. The molecule has 4 heteroatoms. The first-order valence-electron chi connectivity index (χ1n) is 5.93. The molecule has 2 aromatic rings. The van der Waals surface area contributed by atoms with Crippen LogP contribution in [0.25, 0.3) is 0 Å². The molecule has 1 aliphatic rings. The Labute approximate surface area is 105 Å². The lowest BCUT2D eigenvalue weighted by Gasteiger charge is -2.06. The highest BCUT2D eigenvalue weighted by Gasteiger charge is 2.16. The molecule has 1 aromatic heterocycles. The van der Waals surface area contributed by atoms with Gasteiger partial charge >= 0.3 is 0 Å². The van der Waals surface area contributed by atoms with Crippen molar-refractivity contribution in [3.63, 3.8) is 0 Å². The normalized spacial score (nSPS) is 13.0. The van der Waals surface area contributed by atoms with Gasteiger partial charge in [0.1, 0.15) is 11.5 Å². The molecule has 0 fully saturated rings. The SMILES string of the molecule is Cc1cc2c(cc1Cc1ccc(CN)o1)OCO2. The number of furan rings is 1. The Balaban J connectivity index is 1.88. The van der Waals surface area contributed by atoms with Gasteiger partial charge in [-0.3, -0.25) is 0 Å². The predicted molar refractivity (Wildman–Crippen MR) is 66.7 cm³/mol. The van der Waals surface area contributed by atoms with Crippen LogP contribution in [-0.2, 0) is 13.0 Å². The van der Waals surface area contributed by atoms with Gasteiger partial charge < -0.3 is 19.6 Å². The predicted octanol–water partition coefficient (Wildman–Crippen LogP) is 2.37. The molecular weight excluding hydrogens is 230 g/mol. The quantitative estimate of drug-likeness (QED) is 0.901. The summed E-state index contributed by atoms with van der Waals surface area (Å²) in [5.74, 6) is 3.35. The van der Waals surface area contributed by atoms with E-state index in [2.05, 4.69) is 6.92 Å². The first-order chi connectivity index (χ1) is 8.76. The molecular formula is C14H15NO3. The second kappa shape index (κ2) is 4.38. The number of aryl methyl sites for hydroxylation is 1. The van der Waals surface area contributed by atoms with Crippen molar-refractivity contribution in [2.75, 3.05) is 6.79 Å². The first kappa shape index (κ1) is 11.2. The number of hydrogen-bond acceptors (Lipinski definition) is 4. The standard InChI is InChI=1S/C14H15NO3/c1-9-4-13-14(17-8-16-13)6-10(9)5-11-2-3-12(7-15)18-11/h2-4,6H,5,7-8,15H2,1H3. The van der Waals surface area contributed by atoms with Crippen LogP contribution in [0.2, 0.25) is 0 Å². The summed E-state index contributed by atoms with van der Waals surface area (Å²) < 4.78 is 16.3. The van der Waals surface area contributed by atoms with Gasteiger partial charge in [0.2, 0.25) is 6.79 Å². The fraction of sp³-hybridized carbons (Fsp3) is 0.286. The lowest BCUT2D eigenvalue weighted by molar-refractivity contribution is 0.174. The monoisotopic (exact) mass is 245 g/mol. The fourth-order valence-electron chi connectivity index (χ4n) is 2.09. The molecule has 0 aliphatic carbocycles. The Hall–Kier alpha value is -1.94. The second-order valence-electron chi connectivity index (χ2n) is 4.38. The van der Waals surface area contributed by atoms with Crippen molar-refractivity contribution in [1.82, 2.24) is 0 Å². The minimum absolute atomic E-state index is 0.302. The van der Waals surface area contributed by atoms with Gasteiger partial charge in [-0.2, -0.15) is 0 Å². The third-order valence-corrected chi connectivity index (χ3v) is 3.11. The average molecular weight is 245 g/mol. The Morgan fingerprint density at radius 2 is 1.83 bits per heavy atom. The zero-order chi connectivity index (χ0) is 12.5. The largest absolute Gasteiger partial charge is 0.464 e. The van der Waals surface area contributed by atoms with E-state index < -0.39 is 0 Å². The highest BCUT2D eigenvalue weighted by atomic mass is 16.7. The first-order valence-corrected chi connectivity index (χ1v) is 5.93. The molecule has 0 saturated carbocycles. The van der Waals surface area contributed by atoms with Gasteiger partial charge in [-0.1, -0.05) is 0 Å². The molecule has 2 heterocycles. The van der Waals surface area contributed by atoms with Crippen LogP contribution in [0.5, 0.6) is 11.5 Å². The maximum atomic E-state index is 5.61. The van der Waals surface area contributed by atoms with E-state index >= 15 is 0 Å². The van der Waals surface area contributed by atoms with Crippen LogP contribution in [0, 0.1) is 6.92 Å². The minimum atomic E-state index is 0.302. The van der Waals surface area contributed by atoms with E-state index in [0.29, 0.717) is 13.3 Å². The minimum Gasteiger partial charge on any atom is -0.464 e. The molecule has 4 nitrogen and oxygen atoms in total. The Morgan fingerprint density at radius 1 is 1.11 bits per heavy atom. The van der Waals surface area contributed by atoms with E-state index in [1.165, 1.54) is 11.1 Å². The summed E-state index contributed by atoms with van der Waals surface area (Å²) in [5, 5.41) is 0. The van der Waals surface area contributed by atoms with Crippen molar-refractivity contribution in [1.29, 1.82) is 0 Å². The van der Waals surface area contributed by atoms with Gasteiger partial charge in [-0.15, -0.1) is 0 Å². The van der Waals surface area contributed by atoms with Crippen molar-refractivity contribution < 1.29 is 13.9 Å². The molecule has 0 radical (unpaired) electrons. The molecule has 0 amide bonds. The summed E-state index contributed by atoms with van der Waals surface area (Å²) in [7, 11) is 0. The fourth-order valence-corrected chi connectivity index (χ4v) is 2.09. The van der Waals surface area contributed by atoms with E-state index in [1.54, 1.807) is 0 Å². The van der Waals surface area contributed by atoms with Crippen LogP contribution in [0.3, 0.4) is 0 Å². The third kappa shape index (κ3) is 1.95. The number of ether oxygens (including phenoxy) is 2. The number of fused-ring (bicyclic) bond motifs is 1. The zero-order valence-corrected chi connectivity index (χ0v) is 10.2. The molecule has 1 aliphatic heterocycles. The zero-order valence-electron chi connectivity index (χ0n) is 10.2. The smallest absolute Gasteiger partial charge is 0.231 e. The van der Waals surface area contributed by atoms with Crippen LogP contribution >= 0.6 is 0 Å². The van der Waals surface area contributed by atoms with Crippen LogP contribution in [-0.4, -0.2) is 6.79 Å². The van der Waals surface area contributed by atoms with Crippen LogP contribution in [0.4, 0.5) is 0 Å². The maximum absolute atomic E-state index is 5.61. The third-order valence-electron chi connectivity index (χ3n) is 3.11. The lowest BCUT2D eigenvalue weighted by atomic mass is 10.0. The molecule has 2 N–H and O–H groups in total. The van der Waals surface area contributed by atoms with E-state index in [1.807, 2.05) is 24.3 Å². The van der Waals surface area contributed by atoms with Crippen LogP contribution < -0.4 is 15.2 Å². The number of benzene rings is 1. The molecule has 0 unspecified atom stereocenters. The van der Waals surface area contributed by atoms with Gasteiger partial charge in [-0.25, -0.2) is 0 Å². The highest BCUT2D eigenvalue weighted by Crippen LogP contribution is 2.35. The van der Waals surface area contributed by atoms with Crippen molar-refractivity contribution in [3.8, 4) is 11.5 Å². The summed E-state index contributed by atoms with van der Waals surface area (Å²) >= 11 is 0. The highest BCUT2D eigenvalue weighted by molar-refractivity contribution is 5.49. The lowest BCUT2D eigenvalue weighted by Crippen LogP contribution is -1.94. The average Bonchev–Trinajstić information content (AvgIpc) is 2.98. The molecule has 1 aromatic carbocycles. The number of rotatable bonds is 3. The Kier molecular flexibility index (Phi) is 2.72. The van der Waals surface area contributed by atoms with E-state index in [4.69, 9.17) is 19.6 Å². The van der Waals surface area contributed by atoms with Gasteiger partial charge in [0, 0.05) is 6.42 Å². The molecule has 0 bridgehead atoms. The topological polar surface area (TPSA) is 57.6 Å². The van der Waals surface area contributed by atoms with Gasteiger partial charge in [-0.05, 0) is 42.3 Å². The van der Waals surface area contributed by atoms with Crippen LogP contribution in [0.15, 0.2) is 28.7 Å². The van der Waals surface area contributed by atoms with Gasteiger partial charge in [0.05, 0.1) is 6.54 Å². The second-order valence-corrected chi connectivity index (χ2v) is 4.38. The maximum Gasteiger partial charge on any atom is 0.231 e. The summed E-state index contributed by atoms with van der Waals surface area (Å²) in [6.45, 7) is 2.79. The number of nitrogens with two attached hydrogens (primary N) is 1. The molecule has 18 heavy (non-hydrogen) atoms. The summed E-state index contributed by atoms with van der Waals surface area (Å²) in [5.41, 5.74) is 7.88. The van der Waals surface area contributed by atoms with Crippen molar-refractivity contribution in [3.05, 3.63) is 46.9 Å². The molecule has 3 rings (SSSR count). The molecule has 0 atom stereocenters. The van der Waals surface area contributed by atoms with Crippen molar-refractivity contribution >= 4 is 0 Å². The summed E-state index contributed by atoms with van der Waals surface area (Å²) in [6, 6.07) is 7.90. The van der Waals surface area contributed by atoms with Crippen molar-refractivity contribution in [2.24, 2.45) is 5.73 Å². The van der Waals surface area contributed by atoms with Gasteiger partial charge in [0.25, 0.3) is 0 Å². The molecule has 94 valence electrons. The van der Waals surface area contributed by atoms with Crippen molar-refractivity contribution in [2.45, 2.75) is 19.9 Å². The van der Waals surface area contributed by atoms with Crippen LogP contribution in [0.1, 0.15) is 22.6 Å². The summed E-state index contributed by atoms with van der Waals surface area (Å²) in [4.78, 5) is 0. The Morgan fingerprint density at radius 3 is 2.56 bits per heavy atom. The summed E-state index contributed by atoms with van der Waals surface area (Å²) in [6.07, 6.45) is 0.739. The van der Waals surface area contributed by atoms with E-state index in [9.17, 15) is 0 Å². The number of hydrogen-bond donors (Lipinski definition) is 1. The Bertz CT molecular complexity index is 574.